The fourth-order valence-electron chi connectivity index (χ4n) is 4.26. The number of amides is 1. The number of aromatic nitrogens is 7. The van der Waals surface area contributed by atoms with Crippen molar-refractivity contribution in [1.29, 1.82) is 0 Å². The number of hydrogen-bond donors (Lipinski definition) is 3. The quantitative estimate of drug-likeness (QED) is 0.157. The third-order valence-electron chi connectivity index (χ3n) is 6.02. The Morgan fingerprint density at radius 2 is 1.82 bits per heavy atom. The van der Waals surface area contributed by atoms with Crippen LogP contribution in [0.1, 0.15) is 13.3 Å². The fourth-order valence-corrected chi connectivity index (χ4v) is 4.66. The number of anilines is 1. The molecule has 5 aromatic heterocycles. The van der Waals surface area contributed by atoms with Gasteiger partial charge in [0.25, 0.3) is 0 Å². The summed E-state index contributed by atoms with van der Waals surface area (Å²) in [6.45, 7) is 1.99. The maximum absolute atomic E-state index is 13.5. The number of carbonyl (C=O) groups is 1. The number of fused-ring (bicyclic) bond motifs is 2. The van der Waals surface area contributed by atoms with Gasteiger partial charge in [0, 0.05) is 45.6 Å². The number of pyridine rings is 3. The van der Waals surface area contributed by atoms with Gasteiger partial charge < -0.3 is 10.3 Å². The summed E-state index contributed by atoms with van der Waals surface area (Å²) in [5.41, 5.74) is 6.50. The van der Waals surface area contributed by atoms with Crippen LogP contribution in [-0.4, -0.2) is 44.9 Å². The number of nitrogens with zero attached hydrogens (tertiary/aromatic N) is 5. The number of H-pyrrole nitrogens is 2. The molecule has 0 aliphatic carbocycles. The maximum Gasteiger partial charge on any atom is 0.225 e. The number of imidazole rings is 1. The van der Waals surface area contributed by atoms with E-state index in [-0.39, 0.29) is 15.6 Å². The number of benzene rings is 1. The maximum atomic E-state index is 13.5. The van der Waals surface area contributed by atoms with E-state index in [1.54, 1.807) is 43.1 Å². The Kier molecular flexibility index (Phi) is 6.27. The molecule has 0 saturated carbocycles. The van der Waals surface area contributed by atoms with Crippen molar-refractivity contribution in [3.63, 3.8) is 0 Å². The van der Waals surface area contributed by atoms with Gasteiger partial charge in [0.05, 0.1) is 34.5 Å². The molecule has 0 bridgehead atoms. The van der Waals surface area contributed by atoms with Crippen LogP contribution < -0.4 is 5.32 Å². The Balaban J connectivity index is 1.38. The van der Waals surface area contributed by atoms with Gasteiger partial charge in [-0.1, -0.05) is 41.6 Å². The van der Waals surface area contributed by atoms with Crippen LogP contribution in [0.3, 0.4) is 0 Å². The molecule has 0 spiro atoms. The molecule has 1 unspecified atom stereocenters. The summed E-state index contributed by atoms with van der Waals surface area (Å²) in [7, 11) is 0. The zero-order valence-electron chi connectivity index (χ0n) is 20.0. The van der Waals surface area contributed by atoms with Crippen LogP contribution in [0.2, 0.25) is 0 Å². The Labute approximate surface area is 229 Å². The molecule has 1 amide bonds. The standard InChI is InChI=1S/C27H20FIN8O/c1-14(29)6-23(38)33-19-7-16(9-30-11-19)17-8-20-25(36-37-26(20)32-10-17)27-34-22-13-31-12-21(24(22)35-27)15-2-4-18(28)5-3-15/h2-5,7-14H,6H2,1H3,(H,33,38)(H,34,35)(H,32,36,37). The molecule has 11 heteroatoms. The third-order valence-corrected chi connectivity index (χ3v) is 6.46. The summed E-state index contributed by atoms with van der Waals surface area (Å²) < 4.78 is 13.7. The monoisotopic (exact) mass is 618 g/mol. The van der Waals surface area contributed by atoms with Crippen molar-refractivity contribution in [3.8, 4) is 33.8 Å². The number of carbonyl (C=O) groups excluding carboxylic acids is 1. The zero-order chi connectivity index (χ0) is 26.2. The van der Waals surface area contributed by atoms with E-state index in [9.17, 15) is 9.18 Å². The minimum absolute atomic E-state index is 0.0593. The Morgan fingerprint density at radius 3 is 2.63 bits per heavy atom. The lowest BCUT2D eigenvalue weighted by Crippen LogP contribution is -2.14. The van der Waals surface area contributed by atoms with E-state index in [4.69, 9.17) is 4.98 Å². The van der Waals surface area contributed by atoms with Crippen molar-refractivity contribution in [2.45, 2.75) is 17.3 Å². The minimum atomic E-state index is -0.304. The lowest BCUT2D eigenvalue weighted by molar-refractivity contribution is -0.116. The van der Waals surface area contributed by atoms with Crippen LogP contribution in [0.15, 0.2) is 67.4 Å². The third kappa shape index (κ3) is 4.72. The van der Waals surface area contributed by atoms with Crippen molar-refractivity contribution in [3.05, 3.63) is 73.2 Å². The lowest BCUT2D eigenvalue weighted by atomic mass is 10.1. The molecule has 38 heavy (non-hydrogen) atoms. The predicted octanol–water partition coefficient (Wildman–Crippen LogP) is 5.92. The fraction of sp³-hybridized carbons (Fsp3) is 0.111. The summed E-state index contributed by atoms with van der Waals surface area (Å²) in [4.78, 5) is 33.5. The topological polar surface area (TPSA) is 125 Å². The lowest BCUT2D eigenvalue weighted by Gasteiger charge is -2.08. The van der Waals surface area contributed by atoms with Gasteiger partial charge in [0.2, 0.25) is 5.91 Å². The van der Waals surface area contributed by atoms with Gasteiger partial charge in [-0.2, -0.15) is 5.10 Å². The largest absolute Gasteiger partial charge is 0.335 e. The van der Waals surface area contributed by atoms with E-state index in [0.717, 1.165) is 33.2 Å². The van der Waals surface area contributed by atoms with Crippen molar-refractivity contribution in [2.24, 2.45) is 0 Å². The highest BCUT2D eigenvalue weighted by Crippen LogP contribution is 2.32. The number of nitrogens with one attached hydrogen (secondary N) is 3. The molecule has 0 radical (unpaired) electrons. The van der Waals surface area contributed by atoms with Crippen LogP contribution >= 0.6 is 22.6 Å². The number of rotatable bonds is 6. The number of halogens is 2. The van der Waals surface area contributed by atoms with Crippen LogP contribution in [0.25, 0.3) is 55.8 Å². The van der Waals surface area contributed by atoms with Gasteiger partial charge in [-0.3, -0.25) is 19.9 Å². The molecule has 0 saturated heterocycles. The first kappa shape index (κ1) is 24.1. The summed E-state index contributed by atoms with van der Waals surface area (Å²) in [6.07, 6.45) is 8.90. The van der Waals surface area contributed by atoms with Crippen LogP contribution in [-0.2, 0) is 4.79 Å². The van der Waals surface area contributed by atoms with E-state index in [1.807, 2.05) is 19.1 Å². The molecule has 0 aliphatic heterocycles. The Hall–Kier alpha value is -4.26. The molecule has 3 N–H and O–H groups in total. The van der Waals surface area contributed by atoms with Crippen LogP contribution in [0.4, 0.5) is 10.1 Å². The molecule has 1 aromatic carbocycles. The minimum Gasteiger partial charge on any atom is -0.335 e. The first-order chi connectivity index (χ1) is 18.4. The van der Waals surface area contributed by atoms with Gasteiger partial charge in [0.1, 0.15) is 11.5 Å². The summed E-state index contributed by atoms with van der Waals surface area (Å²) in [5, 5.41) is 11.1. The van der Waals surface area contributed by atoms with E-state index in [1.165, 1.54) is 12.1 Å². The van der Waals surface area contributed by atoms with Gasteiger partial charge >= 0.3 is 0 Å². The summed E-state index contributed by atoms with van der Waals surface area (Å²) in [6, 6.07) is 10.1. The molecule has 0 aliphatic rings. The van der Waals surface area contributed by atoms with Gasteiger partial charge in [0.15, 0.2) is 11.5 Å². The van der Waals surface area contributed by atoms with Gasteiger partial charge in [-0.15, -0.1) is 0 Å². The number of hydrogen-bond acceptors (Lipinski definition) is 6. The van der Waals surface area contributed by atoms with Gasteiger partial charge in [-0.05, 0) is 29.8 Å². The van der Waals surface area contributed by atoms with Crippen molar-refractivity contribution in [1.82, 2.24) is 35.1 Å². The summed E-state index contributed by atoms with van der Waals surface area (Å²) >= 11 is 2.22. The van der Waals surface area contributed by atoms with Crippen molar-refractivity contribution < 1.29 is 9.18 Å². The number of aromatic amines is 2. The molecular weight excluding hydrogens is 598 g/mol. The van der Waals surface area contributed by atoms with Crippen molar-refractivity contribution >= 4 is 56.3 Å². The highest BCUT2D eigenvalue weighted by atomic mass is 127. The second-order valence-electron chi connectivity index (χ2n) is 8.86. The Morgan fingerprint density at radius 1 is 1.03 bits per heavy atom. The SMILES string of the molecule is CC(I)CC(=O)Nc1cncc(-c2cnc3n[nH]c(-c4nc5c(-c6ccc(F)cc6)cncc5[nH]4)c3c2)c1. The normalized spacial score (nSPS) is 12.2. The molecule has 0 fully saturated rings. The van der Waals surface area contributed by atoms with E-state index in [0.29, 0.717) is 34.8 Å². The van der Waals surface area contributed by atoms with E-state index < -0.39 is 0 Å². The molecule has 9 nitrogen and oxygen atoms in total. The van der Waals surface area contributed by atoms with Crippen LogP contribution in [0, 0.1) is 5.82 Å². The molecular formula is C27H20FIN8O. The van der Waals surface area contributed by atoms with E-state index >= 15 is 0 Å². The molecule has 5 heterocycles. The summed E-state index contributed by atoms with van der Waals surface area (Å²) in [5.74, 6) is 0.211. The highest BCUT2D eigenvalue weighted by Gasteiger charge is 2.17. The second kappa shape index (κ2) is 9.89. The predicted molar refractivity (Wildman–Crippen MR) is 152 cm³/mol. The average Bonchev–Trinajstić information content (AvgIpc) is 3.52. The van der Waals surface area contributed by atoms with Gasteiger partial charge in [-0.25, -0.2) is 14.4 Å². The molecule has 6 rings (SSSR count). The highest BCUT2D eigenvalue weighted by molar-refractivity contribution is 14.1. The first-order valence-electron chi connectivity index (χ1n) is 11.8. The molecule has 1 atom stereocenters. The van der Waals surface area contributed by atoms with Crippen LogP contribution in [0.5, 0.6) is 0 Å². The van der Waals surface area contributed by atoms with Crippen molar-refractivity contribution in [2.75, 3.05) is 5.32 Å². The molecule has 6 aromatic rings. The smallest absolute Gasteiger partial charge is 0.225 e. The number of alkyl halides is 1. The average molecular weight is 618 g/mol. The molecule has 188 valence electrons. The van der Waals surface area contributed by atoms with E-state index in [2.05, 4.69) is 58.0 Å². The Bertz CT molecular complexity index is 1790. The second-order valence-corrected chi connectivity index (χ2v) is 11.0. The zero-order valence-corrected chi connectivity index (χ0v) is 22.2. The first-order valence-corrected chi connectivity index (χ1v) is 13.0.